The van der Waals surface area contributed by atoms with E-state index in [2.05, 4.69) is 15.3 Å². The van der Waals surface area contributed by atoms with Gasteiger partial charge in [-0.1, -0.05) is 42.5 Å². The smallest absolute Gasteiger partial charge is 0.344 e. The number of hydrogen-bond donors (Lipinski definition) is 2. The predicted molar refractivity (Wildman–Crippen MR) is 105 cm³/mol. The molecule has 1 aliphatic carbocycles. The standard InChI is InChI=1S/C22H18F3N3O2/c23-22(24,25)16-10-8-14(9-11-16)19(13-6-7-13)28-21(30)17-12-18(29)27-20(26-17)15-4-2-1-3-5-15/h1-5,8-13,19H,6-7H2,(H,28,30)(H,26,27,29). The van der Waals surface area contributed by atoms with Crippen molar-refractivity contribution in [3.8, 4) is 11.4 Å². The molecular formula is C22H18F3N3O2. The van der Waals surface area contributed by atoms with Crippen LogP contribution in [-0.2, 0) is 6.18 Å². The van der Waals surface area contributed by atoms with Crippen LogP contribution in [0.5, 0.6) is 0 Å². The van der Waals surface area contributed by atoms with Crippen LogP contribution in [0.25, 0.3) is 11.4 Å². The Labute approximate surface area is 170 Å². The Morgan fingerprint density at radius 2 is 1.73 bits per heavy atom. The van der Waals surface area contributed by atoms with Crippen molar-refractivity contribution in [1.82, 2.24) is 15.3 Å². The summed E-state index contributed by atoms with van der Waals surface area (Å²) >= 11 is 0. The van der Waals surface area contributed by atoms with Gasteiger partial charge >= 0.3 is 6.18 Å². The Kier molecular flexibility index (Phi) is 5.15. The molecule has 0 spiro atoms. The third-order valence-electron chi connectivity index (χ3n) is 5.00. The fourth-order valence-electron chi connectivity index (χ4n) is 3.30. The van der Waals surface area contributed by atoms with Crippen LogP contribution in [0, 0.1) is 5.92 Å². The zero-order valence-corrected chi connectivity index (χ0v) is 15.7. The van der Waals surface area contributed by atoms with Crippen molar-refractivity contribution >= 4 is 5.91 Å². The lowest BCUT2D eigenvalue weighted by atomic mass is 10.0. The lowest BCUT2D eigenvalue weighted by molar-refractivity contribution is -0.137. The molecule has 1 fully saturated rings. The predicted octanol–water partition coefficient (Wildman–Crippen LogP) is 4.34. The second-order valence-electron chi connectivity index (χ2n) is 7.25. The van der Waals surface area contributed by atoms with Gasteiger partial charge < -0.3 is 10.3 Å². The van der Waals surface area contributed by atoms with Crippen LogP contribution in [0.4, 0.5) is 13.2 Å². The van der Waals surface area contributed by atoms with Gasteiger partial charge in [0.1, 0.15) is 11.5 Å². The number of carbonyl (C=O) groups is 1. The molecule has 0 saturated heterocycles. The molecule has 1 saturated carbocycles. The summed E-state index contributed by atoms with van der Waals surface area (Å²) in [4.78, 5) is 31.7. The fraction of sp³-hybridized carbons (Fsp3) is 0.227. The first-order valence-electron chi connectivity index (χ1n) is 9.46. The minimum atomic E-state index is -4.42. The number of amides is 1. The van der Waals surface area contributed by atoms with Crippen LogP contribution >= 0.6 is 0 Å². The van der Waals surface area contributed by atoms with Gasteiger partial charge in [0.2, 0.25) is 0 Å². The Bertz CT molecular complexity index is 1100. The lowest BCUT2D eigenvalue weighted by Crippen LogP contribution is -2.31. The van der Waals surface area contributed by atoms with Crippen molar-refractivity contribution in [2.45, 2.75) is 25.1 Å². The van der Waals surface area contributed by atoms with Gasteiger partial charge in [-0.05, 0) is 36.5 Å². The molecule has 1 unspecified atom stereocenters. The van der Waals surface area contributed by atoms with Crippen molar-refractivity contribution in [3.05, 3.63) is 87.8 Å². The van der Waals surface area contributed by atoms with Crippen molar-refractivity contribution in [1.29, 1.82) is 0 Å². The molecule has 5 nitrogen and oxygen atoms in total. The van der Waals surface area contributed by atoms with Crippen LogP contribution in [0.1, 0.15) is 40.5 Å². The summed E-state index contributed by atoms with van der Waals surface area (Å²) in [5.41, 5.74) is -0.00439. The average molecular weight is 413 g/mol. The fourth-order valence-corrected chi connectivity index (χ4v) is 3.30. The van der Waals surface area contributed by atoms with Gasteiger partial charge in [0.15, 0.2) is 0 Å². The first-order chi connectivity index (χ1) is 14.3. The number of alkyl halides is 3. The molecule has 1 amide bonds. The van der Waals surface area contributed by atoms with Crippen LogP contribution in [0.15, 0.2) is 65.5 Å². The topological polar surface area (TPSA) is 74.8 Å². The van der Waals surface area contributed by atoms with Crippen molar-refractivity contribution in [2.75, 3.05) is 0 Å². The maximum Gasteiger partial charge on any atom is 0.416 e. The summed E-state index contributed by atoms with van der Waals surface area (Å²) in [5.74, 6) is -0.137. The van der Waals surface area contributed by atoms with Crippen LogP contribution < -0.4 is 10.9 Å². The summed E-state index contributed by atoms with van der Waals surface area (Å²) in [6.07, 6.45) is -2.69. The lowest BCUT2D eigenvalue weighted by Gasteiger charge is -2.19. The molecule has 1 aliphatic rings. The summed E-state index contributed by atoms with van der Waals surface area (Å²) in [5, 5.41) is 2.84. The molecule has 8 heteroatoms. The maximum atomic E-state index is 12.8. The number of aromatic amines is 1. The SMILES string of the molecule is O=C(NC(c1ccc(C(F)(F)F)cc1)C1CC1)c1cc(=O)[nH]c(-c2ccccc2)n1. The number of rotatable bonds is 5. The van der Waals surface area contributed by atoms with Gasteiger partial charge in [-0.2, -0.15) is 13.2 Å². The zero-order valence-electron chi connectivity index (χ0n) is 15.7. The molecule has 154 valence electrons. The van der Waals surface area contributed by atoms with E-state index >= 15 is 0 Å². The first-order valence-corrected chi connectivity index (χ1v) is 9.46. The number of halogens is 3. The largest absolute Gasteiger partial charge is 0.416 e. The van der Waals surface area contributed by atoms with Crippen LogP contribution in [-0.4, -0.2) is 15.9 Å². The van der Waals surface area contributed by atoms with E-state index in [1.807, 2.05) is 6.07 Å². The van der Waals surface area contributed by atoms with Crippen molar-refractivity contribution < 1.29 is 18.0 Å². The zero-order chi connectivity index (χ0) is 21.3. The molecule has 1 atom stereocenters. The van der Waals surface area contributed by atoms with E-state index in [0.717, 1.165) is 31.0 Å². The molecule has 0 bridgehead atoms. The number of benzene rings is 2. The Hall–Kier alpha value is -3.42. The average Bonchev–Trinajstić information content (AvgIpc) is 3.57. The number of hydrogen-bond acceptors (Lipinski definition) is 3. The highest BCUT2D eigenvalue weighted by molar-refractivity contribution is 5.92. The molecule has 2 N–H and O–H groups in total. The van der Waals surface area contributed by atoms with E-state index in [1.165, 1.54) is 12.1 Å². The van der Waals surface area contributed by atoms with E-state index in [4.69, 9.17) is 0 Å². The molecule has 2 aromatic carbocycles. The monoisotopic (exact) mass is 413 g/mol. The molecule has 3 aromatic rings. The van der Waals surface area contributed by atoms with E-state index < -0.39 is 29.2 Å². The number of aromatic nitrogens is 2. The summed E-state index contributed by atoms with van der Waals surface area (Å²) < 4.78 is 38.5. The highest BCUT2D eigenvalue weighted by Gasteiger charge is 2.35. The third kappa shape index (κ3) is 4.42. The summed E-state index contributed by atoms with van der Waals surface area (Å²) in [7, 11) is 0. The highest BCUT2D eigenvalue weighted by Crippen LogP contribution is 2.41. The van der Waals surface area contributed by atoms with Gasteiger partial charge in [-0.3, -0.25) is 9.59 Å². The number of nitrogens with zero attached hydrogens (tertiary/aromatic N) is 1. The van der Waals surface area contributed by atoms with E-state index in [9.17, 15) is 22.8 Å². The van der Waals surface area contributed by atoms with Crippen LogP contribution in [0.3, 0.4) is 0 Å². The van der Waals surface area contributed by atoms with Crippen molar-refractivity contribution in [3.63, 3.8) is 0 Å². The van der Waals surface area contributed by atoms with Gasteiger partial charge in [-0.25, -0.2) is 4.98 Å². The molecule has 0 radical (unpaired) electrons. The van der Waals surface area contributed by atoms with E-state index in [1.54, 1.807) is 24.3 Å². The highest BCUT2D eigenvalue weighted by atomic mass is 19.4. The second kappa shape index (κ2) is 7.78. The summed E-state index contributed by atoms with van der Waals surface area (Å²) in [6, 6.07) is 14.4. The maximum absolute atomic E-state index is 12.8. The number of H-pyrrole nitrogens is 1. The summed E-state index contributed by atoms with van der Waals surface area (Å²) in [6.45, 7) is 0. The molecule has 30 heavy (non-hydrogen) atoms. The second-order valence-corrected chi connectivity index (χ2v) is 7.25. The van der Waals surface area contributed by atoms with Crippen molar-refractivity contribution in [2.24, 2.45) is 5.92 Å². The van der Waals surface area contributed by atoms with Gasteiger partial charge in [0.05, 0.1) is 11.6 Å². The van der Waals surface area contributed by atoms with Gasteiger partial charge in [0.25, 0.3) is 11.5 Å². The minimum absolute atomic E-state index is 0.0461. The first kappa shape index (κ1) is 19.9. The molecular weight excluding hydrogens is 395 g/mol. The third-order valence-corrected chi connectivity index (χ3v) is 5.00. The molecule has 0 aliphatic heterocycles. The minimum Gasteiger partial charge on any atom is -0.344 e. The normalized spacial score (nSPS) is 14.9. The number of nitrogens with one attached hydrogen (secondary N) is 2. The number of carbonyl (C=O) groups excluding carboxylic acids is 1. The Morgan fingerprint density at radius 1 is 1.07 bits per heavy atom. The quantitative estimate of drug-likeness (QED) is 0.654. The van der Waals surface area contributed by atoms with E-state index in [-0.39, 0.29) is 17.4 Å². The van der Waals surface area contributed by atoms with Crippen LogP contribution in [0.2, 0.25) is 0 Å². The van der Waals surface area contributed by atoms with E-state index in [0.29, 0.717) is 11.1 Å². The molecule has 1 aromatic heterocycles. The molecule has 4 rings (SSSR count). The molecule has 1 heterocycles. The van der Waals surface area contributed by atoms with Gasteiger partial charge in [0, 0.05) is 11.6 Å². The van der Waals surface area contributed by atoms with Gasteiger partial charge in [-0.15, -0.1) is 0 Å². The Balaban J connectivity index is 1.59. The Morgan fingerprint density at radius 3 is 2.33 bits per heavy atom.